The molecule has 1 aromatic rings. The van der Waals surface area contributed by atoms with Crippen molar-refractivity contribution in [3.63, 3.8) is 0 Å². The van der Waals surface area contributed by atoms with Crippen molar-refractivity contribution in [3.05, 3.63) is 34.9 Å². The number of carbonyl (C=O) groups excluding carboxylic acids is 1. The number of nitrogens with zero attached hydrogens (tertiary/aromatic N) is 2. The average Bonchev–Trinajstić information content (AvgIpc) is 2.45. The second-order valence-corrected chi connectivity index (χ2v) is 8.20. The number of rotatable bonds is 4. The molecule has 0 radical (unpaired) electrons. The van der Waals surface area contributed by atoms with E-state index in [0.717, 1.165) is 12.0 Å². The monoisotopic (exact) mass is 344 g/mol. The maximum absolute atomic E-state index is 12.5. The molecule has 1 aromatic carbocycles. The summed E-state index contributed by atoms with van der Waals surface area (Å²) in [5.41, 5.74) is 0.958. The van der Waals surface area contributed by atoms with Gasteiger partial charge in [0.15, 0.2) is 0 Å². The normalized spacial score (nSPS) is 19.9. The first-order valence-electron chi connectivity index (χ1n) is 7.22. The van der Waals surface area contributed by atoms with Crippen LogP contribution in [-0.2, 0) is 21.4 Å². The fraction of sp³-hybridized carbons (Fsp3) is 0.533. The van der Waals surface area contributed by atoms with Gasteiger partial charge in [0.05, 0.1) is 12.2 Å². The predicted molar refractivity (Wildman–Crippen MR) is 87.1 cm³/mol. The maximum Gasteiger partial charge on any atom is 0.227 e. The quantitative estimate of drug-likeness (QED) is 0.839. The van der Waals surface area contributed by atoms with Crippen molar-refractivity contribution >= 4 is 27.5 Å². The molecule has 1 unspecified atom stereocenters. The molecule has 0 bridgehead atoms. The molecule has 122 valence electrons. The van der Waals surface area contributed by atoms with Gasteiger partial charge in [-0.2, -0.15) is 0 Å². The third kappa shape index (κ3) is 4.44. The zero-order valence-corrected chi connectivity index (χ0v) is 14.4. The summed E-state index contributed by atoms with van der Waals surface area (Å²) in [5, 5.41) is 0.638. The van der Waals surface area contributed by atoms with Gasteiger partial charge in [-0.1, -0.05) is 23.7 Å². The molecule has 1 amide bonds. The number of hydrogen-bond donors (Lipinski definition) is 0. The van der Waals surface area contributed by atoms with Gasteiger partial charge in [-0.05, 0) is 30.5 Å². The molecule has 1 atom stereocenters. The summed E-state index contributed by atoms with van der Waals surface area (Å²) >= 11 is 5.95. The molecule has 1 aliphatic heterocycles. The zero-order valence-electron chi connectivity index (χ0n) is 12.8. The lowest BCUT2D eigenvalue weighted by Gasteiger charge is -2.32. The molecule has 0 saturated carbocycles. The number of hydrogen-bond acceptors (Lipinski definition) is 3. The second kappa shape index (κ2) is 6.98. The third-order valence-corrected chi connectivity index (χ3v) is 5.39. The van der Waals surface area contributed by atoms with Crippen LogP contribution in [0.4, 0.5) is 0 Å². The molecular weight excluding hydrogens is 324 g/mol. The number of carbonyl (C=O) groups is 1. The Kier molecular flexibility index (Phi) is 5.47. The fourth-order valence-corrected chi connectivity index (χ4v) is 3.87. The minimum atomic E-state index is -3.24. The van der Waals surface area contributed by atoms with E-state index in [2.05, 4.69) is 0 Å². The Balaban J connectivity index is 2.01. The predicted octanol–water partition coefficient (Wildman–Crippen LogP) is 1.97. The molecule has 1 heterocycles. The molecule has 0 N–H and O–H groups in total. The molecule has 0 aromatic heterocycles. The molecule has 2 rings (SSSR count). The van der Waals surface area contributed by atoms with Gasteiger partial charge >= 0.3 is 0 Å². The Morgan fingerprint density at radius 2 is 2.18 bits per heavy atom. The first-order chi connectivity index (χ1) is 10.3. The Hall–Kier alpha value is -1.11. The molecule has 1 fully saturated rings. The molecule has 1 aliphatic rings. The van der Waals surface area contributed by atoms with Crippen molar-refractivity contribution < 1.29 is 13.2 Å². The average molecular weight is 345 g/mol. The minimum Gasteiger partial charge on any atom is -0.341 e. The van der Waals surface area contributed by atoms with Crippen LogP contribution in [0.2, 0.25) is 5.02 Å². The van der Waals surface area contributed by atoms with E-state index in [4.69, 9.17) is 11.6 Å². The van der Waals surface area contributed by atoms with Crippen molar-refractivity contribution in [1.29, 1.82) is 0 Å². The number of halogens is 1. The summed E-state index contributed by atoms with van der Waals surface area (Å²) < 4.78 is 24.7. The Morgan fingerprint density at radius 3 is 2.82 bits per heavy atom. The van der Waals surface area contributed by atoms with Crippen LogP contribution in [0.1, 0.15) is 18.4 Å². The van der Waals surface area contributed by atoms with Crippen LogP contribution in [0.15, 0.2) is 24.3 Å². The number of piperidine rings is 1. The summed E-state index contributed by atoms with van der Waals surface area (Å²) in [6.07, 6.45) is 2.63. The van der Waals surface area contributed by atoms with Crippen molar-refractivity contribution in [2.24, 2.45) is 5.92 Å². The summed E-state index contributed by atoms with van der Waals surface area (Å²) in [4.78, 5) is 14.2. The number of benzene rings is 1. The van der Waals surface area contributed by atoms with E-state index in [1.165, 1.54) is 10.6 Å². The molecule has 0 aliphatic carbocycles. The van der Waals surface area contributed by atoms with Gasteiger partial charge in [-0.15, -0.1) is 0 Å². The van der Waals surface area contributed by atoms with Crippen LogP contribution in [-0.4, -0.2) is 49.9 Å². The van der Waals surface area contributed by atoms with Gasteiger partial charge in [0, 0.05) is 31.7 Å². The molecule has 5 nitrogen and oxygen atoms in total. The van der Waals surface area contributed by atoms with Gasteiger partial charge in [0.25, 0.3) is 0 Å². The van der Waals surface area contributed by atoms with Crippen LogP contribution < -0.4 is 0 Å². The first-order valence-corrected chi connectivity index (χ1v) is 9.44. The van der Waals surface area contributed by atoms with E-state index in [0.29, 0.717) is 24.5 Å². The summed E-state index contributed by atoms with van der Waals surface area (Å²) in [6, 6.07) is 7.38. The lowest BCUT2D eigenvalue weighted by molar-refractivity contribution is -0.135. The maximum atomic E-state index is 12.5. The van der Waals surface area contributed by atoms with E-state index in [1.54, 1.807) is 18.0 Å². The molecule has 1 saturated heterocycles. The Labute approximate surface area is 136 Å². The van der Waals surface area contributed by atoms with Crippen molar-refractivity contribution in [2.45, 2.75) is 19.4 Å². The highest BCUT2D eigenvalue weighted by molar-refractivity contribution is 7.88. The largest absolute Gasteiger partial charge is 0.341 e. The van der Waals surface area contributed by atoms with Gasteiger partial charge in [-0.3, -0.25) is 4.79 Å². The molecule has 7 heteroatoms. The van der Waals surface area contributed by atoms with E-state index in [9.17, 15) is 13.2 Å². The molecule has 0 spiro atoms. The van der Waals surface area contributed by atoms with Crippen LogP contribution in [0, 0.1) is 5.92 Å². The Morgan fingerprint density at radius 1 is 1.45 bits per heavy atom. The van der Waals surface area contributed by atoms with Gasteiger partial charge in [-0.25, -0.2) is 12.7 Å². The Bertz CT molecular complexity index is 648. The smallest absolute Gasteiger partial charge is 0.227 e. The van der Waals surface area contributed by atoms with E-state index in [-0.39, 0.29) is 18.4 Å². The number of amides is 1. The first kappa shape index (κ1) is 17.2. The van der Waals surface area contributed by atoms with Crippen LogP contribution in [0.3, 0.4) is 0 Å². The van der Waals surface area contributed by atoms with E-state index in [1.807, 2.05) is 18.2 Å². The summed E-state index contributed by atoms with van der Waals surface area (Å²) in [5.74, 6) is -0.291. The van der Waals surface area contributed by atoms with Gasteiger partial charge in [0.1, 0.15) is 0 Å². The standard InChI is InChI=1S/C15H21ClN2O3S/c1-17(10-12-5-3-7-14(16)9-12)15(19)13-6-4-8-18(11-13)22(2,20)21/h3,5,7,9,13H,4,6,8,10-11H2,1-2H3. The van der Waals surface area contributed by atoms with Crippen LogP contribution >= 0.6 is 11.6 Å². The van der Waals surface area contributed by atoms with Crippen LogP contribution in [0.25, 0.3) is 0 Å². The second-order valence-electron chi connectivity index (χ2n) is 5.78. The third-order valence-electron chi connectivity index (χ3n) is 3.89. The fourth-order valence-electron chi connectivity index (χ4n) is 2.74. The minimum absolute atomic E-state index is 0.0201. The molecular formula is C15H21ClN2O3S. The highest BCUT2D eigenvalue weighted by atomic mass is 35.5. The lowest BCUT2D eigenvalue weighted by atomic mass is 9.98. The highest BCUT2D eigenvalue weighted by Crippen LogP contribution is 2.21. The molecule has 22 heavy (non-hydrogen) atoms. The van der Waals surface area contributed by atoms with Crippen molar-refractivity contribution in [3.8, 4) is 0 Å². The zero-order chi connectivity index (χ0) is 16.3. The number of sulfonamides is 1. The summed E-state index contributed by atoms with van der Waals surface area (Å²) in [6.45, 7) is 1.24. The van der Waals surface area contributed by atoms with Crippen molar-refractivity contribution in [1.82, 2.24) is 9.21 Å². The van der Waals surface area contributed by atoms with Gasteiger partial charge in [0.2, 0.25) is 15.9 Å². The van der Waals surface area contributed by atoms with Gasteiger partial charge < -0.3 is 4.90 Å². The topological polar surface area (TPSA) is 57.7 Å². The van der Waals surface area contributed by atoms with Crippen LogP contribution in [0.5, 0.6) is 0 Å². The highest BCUT2D eigenvalue weighted by Gasteiger charge is 2.31. The van der Waals surface area contributed by atoms with E-state index >= 15 is 0 Å². The van der Waals surface area contributed by atoms with Crippen molar-refractivity contribution in [2.75, 3.05) is 26.4 Å². The SMILES string of the molecule is CN(Cc1cccc(Cl)c1)C(=O)C1CCCN(S(C)(=O)=O)C1. The lowest BCUT2D eigenvalue weighted by Crippen LogP contribution is -2.45. The summed E-state index contributed by atoms with van der Waals surface area (Å²) in [7, 11) is -1.50. The van der Waals surface area contributed by atoms with E-state index < -0.39 is 10.0 Å².